The van der Waals surface area contributed by atoms with Crippen LogP contribution in [0, 0.1) is 5.92 Å². The molecular weight excluding hydrogens is 334 g/mol. The largest absolute Gasteiger partial charge is 0.394 e. The molecule has 0 bridgehead atoms. The Morgan fingerprint density at radius 3 is 2.71 bits per heavy atom. The normalized spacial score (nSPS) is 27.4. The lowest BCUT2D eigenvalue weighted by atomic mass is 10.1. The third-order valence-electron chi connectivity index (χ3n) is 3.75. The maximum absolute atomic E-state index is 10.2. The lowest BCUT2D eigenvalue weighted by Gasteiger charge is -2.16. The van der Waals surface area contributed by atoms with E-state index in [1.807, 2.05) is 0 Å². The van der Waals surface area contributed by atoms with Crippen LogP contribution in [0.25, 0.3) is 11.2 Å². The Bertz CT molecular complexity index is 724. The second-order valence-electron chi connectivity index (χ2n) is 6.14. The number of ether oxygens (including phenoxy) is 1. The van der Waals surface area contributed by atoms with Gasteiger partial charge in [-0.05, 0) is 5.92 Å². The second-order valence-corrected chi connectivity index (χ2v) is 7.15. The Morgan fingerprint density at radius 1 is 1.33 bits per heavy atom. The Balaban J connectivity index is 1.98. The Kier molecular flexibility index (Phi) is 4.92. The average molecular weight is 355 g/mol. The number of anilines is 1. The number of nitrogens with zero attached hydrogens (tertiary/aromatic N) is 4. The molecule has 3 heterocycles. The van der Waals surface area contributed by atoms with E-state index in [1.165, 1.54) is 22.7 Å². The zero-order valence-corrected chi connectivity index (χ0v) is 14.2. The molecule has 0 unspecified atom stereocenters. The van der Waals surface area contributed by atoms with Gasteiger partial charge in [0, 0.05) is 5.75 Å². The van der Waals surface area contributed by atoms with Crippen molar-refractivity contribution in [2.75, 3.05) is 18.1 Å². The Morgan fingerprint density at radius 2 is 2.08 bits per heavy atom. The number of hydrogen-bond acceptors (Lipinski definition) is 9. The number of rotatable bonds is 5. The highest BCUT2D eigenvalue weighted by Crippen LogP contribution is 2.33. The van der Waals surface area contributed by atoms with Crippen molar-refractivity contribution in [1.29, 1.82) is 0 Å². The third kappa shape index (κ3) is 3.07. The van der Waals surface area contributed by atoms with Gasteiger partial charge in [0.15, 0.2) is 11.9 Å². The van der Waals surface area contributed by atoms with Crippen molar-refractivity contribution in [2.24, 2.45) is 5.92 Å². The van der Waals surface area contributed by atoms with Crippen LogP contribution in [0.5, 0.6) is 0 Å². The van der Waals surface area contributed by atoms with E-state index < -0.39 is 31.1 Å². The predicted molar refractivity (Wildman–Crippen MR) is 88.3 cm³/mol. The molecule has 24 heavy (non-hydrogen) atoms. The van der Waals surface area contributed by atoms with Crippen LogP contribution in [-0.2, 0) is 4.74 Å². The summed E-state index contributed by atoms with van der Waals surface area (Å²) in [5.41, 5.74) is 6.79. The smallest absolute Gasteiger partial charge is 0.223 e. The minimum absolute atomic E-state index is 0.0993. The number of imidazole rings is 1. The maximum atomic E-state index is 10.2. The van der Waals surface area contributed by atoms with E-state index in [0.717, 1.165) is 5.75 Å². The summed E-state index contributed by atoms with van der Waals surface area (Å²) in [4.78, 5) is 12.8. The molecule has 0 saturated carbocycles. The summed E-state index contributed by atoms with van der Waals surface area (Å²) in [7, 11) is 0. The van der Waals surface area contributed by atoms with E-state index in [2.05, 4.69) is 28.8 Å². The molecule has 2 aromatic heterocycles. The fraction of sp³-hybridized carbons (Fsp3) is 0.643. The van der Waals surface area contributed by atoms with Gasteiger partial charge in [-0.1, -0.05) is 13.8 Å². The molecule has 0 aromatic carbocycles. The zero-order valence-electron chi connectivity index (χ0n) is 13.4. The van der Waals surface area contributed by atoms with Crippen LogP contribution in [0.4, 0.5) is 5.95 Å². The van der Waals surface area contributed by atoms with Crippen LogP contribution in [-0.4, -0.2) is 65.5 Å². The monoisotopic (exact) mass is 355 g/mol. The van der Waals surface area contributed by atoms with Gasteiger partial charge < -0.3 is 25.8 Å². The molecule has 9 nitrogen and oxygen atoms in total. The topological polar surface area (TPSA) is 140 Å². The molecule has 1 aliphatic heterocycles. The SMILES string of the molecule is CC(C)CSc1nc(N)nc2c1ncn2[C@@H]1O[C@@H](CO)[C@@H](O)[C@@H]1O. The Labute approximate surface area is 142 Å². The number of nitrogens with two attached hydrogens (primary N) is 1. The quantitative estimate of drug-likeness (QED) is 0.423. The molecular formula is C14H21N5O4S. The molecule has 1 saturated heterocycles. The summed E-state index contributed by atoms with van der Waals surface area (Å²) >= 11 is 1.53. The first-order chi connectivity index (χ1) is 11.4. The first kappa shape index (κ1) is 17.4. The molecule has 10 heteroatoms. The first-order valence-electron chi connectivity index (χ1n) is 7.67. The number of thioether (sulfide) groups is 1. The summed E-state index contributed by atoms with van der Waals surface area (Å²) in [6, 6.07) is 0. The predicted octanol–water partition coefficient (Wildman–Crippen LogP) is -0.232. The van der Waals surface area contributed by atoms with Gasteiger partial charge in [0.2, 0.25) is 5.95 Å². The van der Waals surface area contributed by atoms with Gasteiger partial charge in [-0.2, -0.15) is 4.98 Å². The van der Waals surface area contributed by atoms with Crippen molar-refractivity contribution in [3.05, 3.63) is 6.33 Å². The van der Waals surface area contributed by atoms with Gasteiger partial charge in [0.25, 0.3) is 0 Å². The zero-order chi connectivity index (χ0) is 17.4. The van der Waals surface area contributed by atoms with E-state index in [1.54, 1.807) is 0 Å². The van der Waals surface area contributed by atoms with E-state index >= 15 is 0 Å². The fourth-order valence-corrected chi connectivity index (χ4v) is 3.48. The third-order valence-corrected chi connectivity index (χ3v) is 5.14. The summed E-state index contributed by atoms with van der Waals surface area (Å²) in [5, 5.41) is 30.0. The number of fused-ring (bicyclic) bond motifs is 1. The molecule has 1 fully saturated rings. The molecule has 3 rings (SSSR count). The number of hydrogen-bond donors (Lipinski definition) is 4. The lowest BCUT2D eigenvalue weighted by molar-refractivity contribution is -0.0511. The molecule has 0 spiro atoms. The summed E-state index contributed by atoms with van der Waals surface area (Å²) < 4.78 is 7.04. The highest BCUT2D eigenvalue weighted by molar-refractivity contribution is 7.99. The van der Waals surface area contributed by atoms with Crippen molar-refractivity contribution in [2.45, 2.75) is 43.4 Å². The molecule has 4 atom stereocenters. The number of aliphatic hydroxyl groups excluding tert-OH is 3. The van der Waals surface area contributed by atoms with Gasteiger partial charge in [-0.15, -0.1) is 11.8 Å². The van der Waals surface area contributed by atoms with Crippen molar-refractivity contribution in [3.63, 3.8) is 0 Å². The standard InChI is InChI=1S/C14H21N5O4S/c1-6(2)4-24-12-8-11(17-14(15)18-12)19(5-16-8)13-10(22)9(21)7(3-20)23-13/h5-7,9-10,13,20-22H,3-4H2,1-2H3,(H2,15,17,18)/t7-,9+,10-,13+/m0/s1. The van der Waals surface area contributed by atoms with E-state index in [-0.39, 0.29) is 5.95 Å². The van der Waals surface area contributed by atoms with Crippen LogP contribution in [0.1, 0.15) is 20.1 Å². The summed E-state index contributed by atoms with van der Waals surface area (Å²) in [5.74, 6) is 1.43. The highest BCUT2D eigenvalue weighted by Gasteiger charge is 2.44. The molecule has 0 aliphatic carbocycles. The van der Waals surface area contributed by atoms with Gasteiger partial charge in [0.1, 0.15) is 28.9 Å². The molecule has 5 N–H and O–H groups in total. The summed E-state index contributed by atoms with van der Waals surface area (Å²) in [6.45, 7) is 3.81. The van der Waals surface area contributed by atoms with Crippen LogP contribution < -0.4 is 5.73 Å². The summed E-state index contributed by atoms with van der Waals surface area (Å²) in [6.07, 6.45) is -2.69. The fourth-order valence-electron chi connectivity index (χ4n) is 2.55. The second kappa shape index (κ2) is 6.81. The average Bonchev–Trinajstić information content (AvgIpc) is 3.07. The van der Waals surface area contributed by atoms with Crippen molar-refractivity contribution in [3.8, 4) is 0 Å². The van der Waals surface area contributed by atoms with Gasteiger partial charge in [-0.25, -0.2) is 9.97 Å². The molecule has 1 aliphatic rings. The van der Waals surface area contributed by atoms with Crippen molar-refractivity contribution < 1.29 is 20.1 Å². The van der Waals surface area contributed by atoms with E-state index in [9.17, 15) is 15.3 Å². The number of aliphatic hydroxyl groups is 3. The molecule has 2 aromatic rings. The minimum atomic E-state index is -1.21. The van der Waals surface area contributed by atoms with Gasteiger partial charge >= 0.3 is 0 Å². The minimum Gasteiger partial charge on any atom is -0.394 e. The lowest BCUT2D eigenvalue weighted by Crippen LogP contribution is -2.33. The van der Waals surface area contributed by atoms with Crippen LogP contribution in [0.15, 0.2) is 11.4 Å². The van der Waals surface area contributed by atoms with E-state index in [4.69, 9.17) is 10.5 Å². The number of aromatic nitrogens is 4. The van der Waals surface area contributed by atoms with Crippen molar-refractivity contribution in [1.82, 2.24) is 19.5 Å². The number of nitrogen functional groups attached to an aromatic ring is 1. The molecule has 0 amide bonds. The molecule has 132 valence electrons. The van der Waals surface area contributed by atoms with Crippen molar-refractivity contribution >= 4 is 28.9 Å². The van der Waals surface area contributed by atoms with Crippen LogP contribution in [0.2, 0.25) is 0 Å². The van der Waals surface area contributed by atoms with Gasteiger partial charge in [-0.3, -0.25) is 4.57 Å². The van der Waals surface area contributed by atoms with Gasteiger partial charge in [0.05, 0.1) is 12.9 Å². The first-order valence-corrected chi connectivity index (χ1v) is 8.66. The van der Waals surface area contributed by atoms with Crippen LogP contribution in [0.3, 0.4) is 0 Å². The maximum Gasteiger partial charge on any atom is 0.223 e. The highest BCUT2D eigenvalue weighted by atomic mass is 32.2. The molecule has 0 radical (unpaired) electrons. The van der Waals surface area contributed by atoms with Crippen LogP contribution >= 0.6 is 11.8 Å². The Hall–Kier alpha value is -1.46. The van der Waals surface area contributed by atoms with E-state index in [0.29, 0.717) is 22.1 Å².